The Labute approximate surface area is 103 Å². The molecule has 2 N–H and O–H groups in total. The molecule has 1 atom stereocenters. The maximum absolute atomic E-state index is 12.9. The summed E-state index contributed by atoms with van der Waals surface area (Å²) in [5.41, 5.74) is 0.575. The summed E-state index contributed by atoms with van der Waals surface area (Å²) in [5, 5.41) is 11.5. The molecular weight excluding hydrogens is 239 g/mol. The van der Waals surface area contributed by atoms with Crippen molar-refractivity contribution in [2.75, 3.05) is 7.05 Å². The average molecular weight is 250 g/mol. The van der Waals surface area contributed by atoms with E-state index >= 15 is 0 Å². The molecule has 0 aromatic heterocycles. The second-order valence-electron chi connectivity index (χ2n) is 3.92. The number of halogens is 1. The molecule has 0 spiro atoms. The Hall–Kier alpha value is -2.37. The smallest absolute Gasteiger partial charge is 0.335 e. The van der Waals surface area contributed by atoms with Gasteiger partial charge in [0.1, 0.15) is 5.82 Å². The van der Waals surface area contributed by atoms with Gasteiger partial charge in [0.05, 0.1) is 11.6 Å². The molecule has 0 radical (unpaired) electrons. The zero-order chi connectivity index (χ0) is 13.3. The van der Waals surface area contributed by atoms with Crippen LogP contribution in [0.2, 0.25) is 0 Å². The molecule has 1 aliphatic heterocycles. The van der Waals surface area contributed by atoms with Gasteiger partial charge in [0.2, 0.25) is 0 Å². The second kappa shape index (κ2) is 4.48. The molecule has 1 aliphatic rings. The van der Waals surface area contributed by atoms with Gasteiger partial charge in [0, 0.05) is 13.2 Å². The molecule has 0 bridgehead atoms. The van der Waals surface area contributed by atoms with E-state index in [4.69, 9.17) is 5.11 Å². The van der Waals surface area contributed by atoms with E-state index in [0.717, 1.165) is 0 Å². The Balaban J connectivity index is 2.46. The van der Waals surface area contributed by atoms with Crippen LogP contribution in [0.25, 0.3) is 0 Å². The monoisotopic (exact) mass is 250 g/mol. The molecule has 0 aliphatic carbocycles. The lowest BCUT2D eigenvalue weighted by Crippen LogP contribution is -2.43. The molecule has 6 heteroatoms. The van der Waals surface area contributed by atoms with Crippen molar-refractivity contribution in [2.45, 2.75) is 6.04 Å². The predicted octanol–water partition coefficient (Wildman–Crippen LogP) is 1.49. The minimum absolute atomic E-state index is 0.0312. The molecule has 94 valence electrons. The van der Waals surface area contributed by atoms with Crippen molar-refractivity contribution < 1.29 is 19.1 Å². The fourth-order valence-corrected chi connectivity index (χ4v) is 1.87. The Kier molecular flexibility index (Phi) is 3.01. The van der Waals surface area contributed by atoms with Crippen LogP contribution in [0, 0.1) is 5.82 Å². The number of likely N-dealkylation sites (N-methyl/N-ethyl adjacent to an activating group) is 1. The van der Waals surface area contributed by atoms with Crippen LogP contribution in [-0.2, 0) is 4.79 Å². The summed E-state index contributed by atoms with van der Waals surface area (Å²) < 4.78 is 12.9. The summed E-state index contributed by atoms with van der Waals surface area (Å²) in [6.07, 6.45) is 1.17. The van der Waals surface area contributed by atoms with Gasteiger partial charge in [-0.3, -0.25) is 0 Å². The zero-order valence-corrected chi connectivity index (χ0v) is 9.55. The third kappa shape index (κ3) is 2.04. The van der Waals surface area contributed by atoms with Crippen molar-refractivity contribution in [1.82, 2.24) is 10.2 Å². The number of hydrogen-bond acceptors (Lipinski definition) is 2. The van der Waals surface area contributed by atoms with Crippen LogP contribution in [0.15, 0.2) is 36.0 Å². The van der Waals surface area contributed by atoms with Gasteiger partial charge in [0.25, 0.3) is 0 Å². The number of carboxylic acid groups (broad SMARTS) is 1. The van der Waals surface area contributed by atoms with Gasteiger partial charge in [-0.15, -0.1) is 0 Å². The van der Waals surface area contributed by atoms with Gasteiger partial charge in [0.15, 0.2) is 0 Å². The summed E-state index contributed by atoms with van der Waals surface area (Å²) in [7, 11) is 1.49. The van der Waals surface area contributed by atoms with Crippen LogP contribution < -0.4 is 5.32 Å². The number of benzene rings is 1. The third-order valence-electron chi connectivity index (χ3n) is 2.79. The molecule has 0 saturated carbocycles. The Morgan fingerprint density at radius 2 is 2.00 bits per heavy atom. The average Bonchev–Trinajstić information content (AvgIpc) is 2.33. The number of nitrogens with zero attached hydrogens (tertiary/aromatic N) is 1. The molecule has 1 heterocycles. The van der Waals surface area contributed by atoms with Crippen LogP contribution >= 0.6 is 0 Å². The van der Waals surface area contributed by atoms with Gasteiger partial charge < -0.3 is 15.3 Å². The van der Waals surface area contributed by atoms with E-state index in [0.29, 0.717) is 5.56 Å². The van der Waals surface area contributed by atoms with E-state index in [1.165, 1.54) is 42.4 Å². The lowest BCUT2D eigenvalue weighted by molar-refractivity contribution is -0.133. The molecule has 1 aromatic rings. The van der Waals surface area contributed by atoms with Crippen LogP contribution in [0.4, 0.5) is 9.18 Å². The normalized spacial score (nSPS) is 19.2. The number of hydrogen-bond donors (Lipinski definition) is 2. The van der Waals surface area contributed by atoms with Gasteiger partial charge >= 0.3 is 12.0 Å². The van der Waals surface area contributed by atoms with E-state index in [1.807, 2.05) is 0 Å². The second-order valence-corrected chi connectivity index (χ2v) is 3.92. The maximum atomic E-state index is 12.9. The summed E-state index contributed by atoms with van der Waals surface area (Å²) in [4.78, 5) is 23.9. The van der Waals surface area contributed by atoms with Gasteiger partial charge in [-0.2, -0.15) is 0 Å². The molecule has 2 amide bonds. The van der Waals surface area contributed by atoms with E-state index in [-0.39, 0.29) is 5.57 Å². The van der Waals surface area contributed by atoms with E-state index in [2.05, 4.69) is 5.32 Å². The maximum Gasteiger partial charge on any atom is 0.335 e. The fourth-order valence-electron chi connectivity index (χ4n) is 1.87. The molecule has 2 rings (SSSR count). The topological polar surface area (TPSA) is 69.6 Å². The first-order valence-corrected chi connectivity index (χ1v) is 5.23. The highest BCUT2D eigenvalue weighted by molar-refractivity contribution is 5.92. The lowest BCUT2D eigenvalue weighted by Gasteiger charge is -2.32. The highest BCUT2D eigenvalue weighted by Crippen LogP contribution is 2.29. The summed E-state index contributed by atoms with van der Waals surface area (Å²) in [5.74, 6) is -1.54. The van der Waals surface area contributed by atoms with Crippen LogP contribution in [-0.4, -0.2) is 29.1 Å². The molecule has 0 saturated heterocycles. The number of urea groups is 1. The highest BCUT2D eigenvalue weighted by Gasteiger charge is 2.32. The standard InChI is InChI=1S/C12H11FN2O3/c1-15-10(7-2-4-8(13)5-3-7)9(11(16)17)6-14-12(15)18/h2-6,10H,1H3,(H,14,18)(H,16,17). The first-order valence-electron chi connectivity index (χ1n) is 5.23. The first-order chi connectivity index (χ1) is 8.50. The van der Waals surface area contributed by atoms with Gasteiger partial charge in [-0.25, -0.2) is 14.0 Å². The number of carboxylic acids is 1. The van der Waals surface area contributed by atoms with Crippen molar-refractivity contribution >= 4 is 12.0 Å². The van der Waals surface area contributed by atoms with E-state index < -0.39 is 23.9 Å². The van der Waals surface area contributed by atoms with Crippen molar-refractivity contribution in [1.29, 1.82) is 0 Å². The van der Waals surface area contributed by atoms with Crippen molar-refractivity contribution in [3.05, 3.63) is 47.4 Å². The van der Waals surface area contributed by atoms with Crippen LogP contribution in [0.3, 0.4) is 0 Å². The number of nitrogens with one attached hydrogen (secondary N) is 1. The first kappa shape index (κ1) is 12.1. The van der Waals surface area contributed by atoms with Gasteiger partial charge in [-0.1, -0.05) is 12.1 Å². The van der Waals surface area contributed by atoms with Crippen LogP contribution in [0.1, 0.15) is 11.6 Å². The van der Waals surface area contributed by atoms with Crippen molar-refractivity contribution in [2.24, 2.45) is 0 Å². The third-order valence-corrected chi connectivity index (χ3v) is 2.79. The number of rotatable bonds is 2. The molecular formula is C12H11FN2O3. The summed E-state index contributed by atoms with van der Waals surface area (Å²) in [6.45, 7) is 0. The fraction of sp³-hybridized carbons (Fsp3) is 0.167. The largest absolute Gasteiger partial charge is 0.478 e. The SMILES string of the molecule is CN1C(=O)NC=C(C(=O)O)C1c1ccc(F)cc1. The Bertz CT molecular complexity index is 525. The Morgan fingerprint density at radius 1 is 1.39 bits per heavy atom. The Morgan fingerprint density at radius 3 is 2.56 bits per heavy atom. The van der Waals surface area contributed by atoms with Crippen LogP contribution in [0.5, 0.6) is 0 Å². The predicted molar refractivity (Wildman–Crippen MR) is 61.2 cm³/mol. The quantitative estimate of drug-likeness (QED) is 0.835. The van der Waals surface area contributed by atoms with Crippen molar-refractivity contribution in [3.8, 4) is 0 Å². The minimum Gasteiger partial charge on any atom is -0.478 e. The van der Waals surface area contributed by atoms with E-state index in [1.54, 1.807) is 0 Å². The number of aliphatic carboxylic acids is 1. The minimum atomic E-state index is -1.13. The molecule has 5 nitrogen and oxygen atoms in total. The molecule has 18 heavy (non-hydrogen) atoms. The summed E-state index contributed by atoms with van der Waals surface area (Å²) in [6, 6.07) is 4.26. The zero-order valence-electron chi connectivity index (χ0n) is 9.55. The number of amides is 2. The number of carbonyl (C=O) groups excluding carboxylic acids is 1. The number of carbonyl (C=O) groups is 2. The lowest BCUT2D eigenvalue weighted by atomic mass is 9.97. The summed E-state index contributed by atoms with van der Waals surface area (Å²) >= 11 is 0. The van der Waals surface area contributed by atoms with Crippen molar-refractivity contribution in [3.63, 3.8) is 0 Å². The van der Waals surface area contributed by atoms with E-state index in [9.17, 15) is 14.0 Å². The molecule has 0 fully saturated rings. The molecule has 1 aromatic carbocycles. The highest BCUT2D eigenvalue weighted by atomic mass is 19.1. The van der Waals surface area contributed by atoms with Gasteiger partial charge in [-0.05, 0) is 17.7 Å². The molecule has 1 unspecified atom stereocenters.